The number of hydrogen-bond acceptors (Lipinski definition) is 7. The van der Waals surface area contributed by atoms with Gasteiger partial charge in [-0.3, -0.25) is 14.4 Å². The van der Waals surface area contributed by atoms with Crippen molar-refractivity contribution in [2.75, 3.05) is 6.54 Å². The number of aliphatic carboxylic acids is 1. The summed E-state index contributed by atoms with van der Waals surface area (Å²) in [5.74, 6) is -2.60. The van der Waals surface area contributed by atoms with Gasteiger partial charge in [0.1, 0.15) is 23.1 Å². The van der Waals surface area contributed by atoms with Crippen LogP contribution >= 0.6 is 0 Å². The molecule has 0 fully saturated rings. The van der Waals surface area contributed by atoms with Crippen molar-refractivity contribution >= 4 is 28.8 Å². The summed E-state index contributed by atoms with van der Waals surface area (Å²) in [6.45, 7) is 0.281. The van der Waals surface area contributed by atoms with Crippen LogP contribution in [0.5, 0.6) is 5.75 Å². The molecule has 0 saturated carbocycles. The maximum atomic E-state index is 12.9. The molecule has 190 valence electrons. The van der Waals surface area contributed by atoms with Crippen molar-refractivity contribution < 1.29 is 34.1 Å². The first-order chi connectivity index (χ1) is 17.7. The molecule has 0 unspecified atom stereocenters. The number of benzene rings is 3. The number of carboxylic acids is 2. The SMILES string of the molecule is N[C@@H](CCCCNC(=O)c1ccc(C(=O)O)c(-c2c3ccc(=O)cc-3oc3cc(O)ccc23)c1)C(=O)O. The van der Waals surface area contributed by atoms with Gasteiger partial charge in [0.2, 0.25) is 0 Å². The summed E-state index contributed by atoms with van der Waals surface area (Å²) in [4.78, 5) is 47.8. The standard InChI is InChI=1S/C27H24N2O8/c28-21(27(35)36)3-1-2-10-29-25(32)14-4-7-17(26(33)34)20(11-14)24-18-8-5-15(30)12-22(18)37-23-13-16(31)6-9-19(23)24/h4-9,11-13,21,30H,1-3,10,28H2,(H,29,32)(H,33,34)(H,35,36)/t21-/m0/s1. The van der Waals surface area contributed by atoms with Crippen LogP contribution in [0.1, 0.15) is 40.0 Å². The van der Waals surface area contributed by atoms with Gasteiger partial charge in [-0.25, -0.2) is 4.79 Å². The number of nitrogens with two attached hydrogens (primary N) is 1. The summed E-state index contributed by atoms with van der Waals surface area (Å²) in [6.07, 6.45) is 1.31. The number of aromatic hydroxyl groups is 1. The van der Waals surface area contributed by atoms with Crippen molar-refractivity contribution in [1.82, 2.24) is 5.32 Å². The second-order valence-corrected chi connectivity index (χ2v) is 8.58. The lowest BCUT2D eigenvalue weighted by Gasteiger charge is -2.17. The molecule has 10 nitrogen and oxygen atoms in total. The van der Waals surface area contributed by atoms with Gasteiger partial charge in [0, 0.05) is 40.8 Å². The number of phenolic OH excluding ortho intramolecular Hbond substituents is 1. The van der Waals surface area contributed by atoms with Gasteiger partial charge in [0.25, 0.3) is 5.91 Å². The van der Waals surface area contributed by atoms with Crippen molar-refractivity contribution in [3.05, 3.63) is 75.9 Å². The molecule has 1 amide bonds. The number of phenols is 1. The maximum absolute atomic E-state index is 12.9. The summed E-state index contributed by atoms with van der Waals surface area (Å²) in [5, 5.41) is 31.9. The van der Waals surface area contributed by atoms with Gasteiger partial charge in [0.05, 0.1) is 5.56 Å². The second kappa shape index (κ2) is 10.5. The first-order valence-corrected chi connectivity index (χ1v) is 11.5. The van der Waals surface area contributed by atoms with E-state index in [2.05, 4.69) is 5.32 Å². The number of amides is 1. The van der Waals surface area contributed by atoms with Gasteiger partial charge in [-0.15, -0.1) is 0 Å². The highest BCUT2D eigenvalue weighted by Gasteiger charge is 2.23. The lowest BCUT2D eigenvalue weighted by atomic mass is 9.89. The number of aromatic carboxylic acids is 1. The fourth-order valence-corrected chi connectivity index (χ4v) is 4.14. The lowest BCUT2D eigenvalue weighted by molar-refractivity contribution is -0.138. The minimum Gasteiger partial charge on any atom is -0.508 e. The first kappa shape index (κ1) is 25.4. The molecule has 1 atom stereocenters. The smallest absolute Gasteiger partial charge is 0.336 e. The van der Waals surface area contributed by atoms with E-state index in [9.17, 15) is 29.4 Å². The van der Waals surface area contributed by atoms with Crippen LogP contribution in [0.15, 0.2) is 63.8 Å². The zero-order chi connectivity index (χ0) is 26.7. The van der Waals surface area contributed by atoms with Crippen LogP contribution < -0.4 is 16.5 Å². The number of carbonyl (C=O) groups excluding carboxylic acids is 1. The average molecular weight is 504 g/mol. The maximum Gasteiger partial charge on any atom is 0.336 e. The van der Waals surface area contributed by atoms with E-state index in [1.807, 2.05) is 0 Å². The molecule has 10 heteroatoms. The summed E-state index contributed by atoms with van der Waals surface area (Å²) < 4.78 is 5.82. The Balaban J connectivity index is 1.73. The van der Waals surface area contributed by atoms with Crippen molar-refractivity contribution in [1.29, 1.82) is 0 Å². The fraction of sp³-hybridized carbons (Fsp3) is 0.185. The van der Waals surface area contributed by atoms with Gasteiger partial charge in [-0.1, -0.05) is 0 Å². The Kier molecular flexibility index (Phi) is 7.21. The van der Waals surface area contributed by atoms with E-state index < -0.39 is 23.9 Å². The number of carboxylic acid groups (broad SMARTS) is 2. The molecule has 1 aliphatic heterocycles. The van der Waals surface area contributed by atoms with Crippen LogP contribution in [0.2, 0.25) is 0 Å². The molecule has 0 bridgehead atoms. The van der Waals surface area contributed by atoms with Crippen molar-refractivity contribution in [3.63, 3.8) is 0 Å². The normalized spacial score (nSPS) is 11.9. The van der Waals surface area contributed by atoms with E-state index in [0.29, 0.717) is 29.4 Å². The average Bonchev–Trinajstić information content (AvgIpc) is 2.86. The summed E-state index contributed by atoms with van der Waals surface area (Å²) in [6, 6.07) is 11.8. The highest BCUT2D eigenvalue weighted by molar-refractivity contribution is 6.09. The minimum absolute atomic E-state index is 0.0627. The molecule has 0 aromatic heterocycles. The van der Waals surface area contributed by atoms with Crippen LogP contribution in [-0.4, -0.2) is 45.8 Å². The number of hydrogen-bond donors (Lipinski definition) is 5. The third-order valence-electron chi connectivity index (χ3n) is 6.00. The summed E-state index contributed by atoms with van der Waals surface area (Å²) >= 11 is 0. The zero-order valence-corrected chi connectivity index (χ0v) is 19.6. The molecule has 4 rings (SSSR count). The van der Waals surface area contributed by atoms with Gasteiger partial charge in [0.15, 0.2) is 5.43 Å². The van der Waals surface area contributed by atoms with E-state index in [-0.39, 0.29) is 52.2 Å². The van der Waals surface area contributed by atoms with Crippen LogP contribution in [0.4, 0.5) is 0 Å². The van der Waals surface area contributed by atoms with Crippen molar-refractivity contribution in [2.45, 2.75) is 25.3 Å². The van der Waals surface area contributed by atoms with Crippen LogP contribution in [0.25, 0.3) is 33.4 Å². The third kappa shape index (κ3) is 5.44. The molecule has 0 saturated heterocycles. The Labute approximate surface area is 210 Å². The topological polar surface area (TPSA) is 180 Å². The number of fused-ring (bicyclic) bond motifs is 2. The Bertz CT molecular complexity index is 1540. The second-order valence-electron chi connectivity index (χ2n) is 8.58. The minimum atomic E-state index is -1.21. The molecule has 0 spiro atoms. The number of nitrogens with one attached hydrogen (secondary N) is 1. The van der Waals surface area contributed by atoms with Gasteiger partial charge in [-0.2, -0.15) is 0 Å². The molecule has 37 heavy (non-hydrogen) atoms. The van der Waals surface area contributed by atoms with E-state index >= 15 is 0 Å². The first-order valence-electron chi connectivity index (χ1n) is 11.5. The molecule has 2 aromatic rings. The van der Waals surface area contributed by atoms with Crippen LogP contribution in [-0.2, 0) is 4.79 Å². The Morgan fingerprint density at radius 1 is 0.946 bits per heavy atom. The molecule has 2 aliphatic rings. The largest absolute Gasteiger partial charge is 0.508 e. The number of carbonyl (C=O) groups is 3. The third-order valence-corrected chi connectivity index (χ3v) is 6.00. The van der Waals surface area contributed by atoms with E-state index in [1.165, 1.54) is 48.5 Å². The Hall–Kier alpha value is -4.70. The van der Waals surface area contributed by atoms with E-state index in [1.54, 1.807) is 6.07 Å². The molecule has 6 N–H and O–H groups in total. The molecular formula is C27H24N2O8. The van der Waals surface area contributed by atoms with Gasteiger partial charge < -0.3 is 30.8 Å². The van der Waals surface area contributed by atoms with Crippen LogP contribution in [0, 0.1) is 0 Å². The van der Waals surface area contributed by atoms with E-state index in [4.69, 9.17) is 15.3 Å². The molecule has 1 heterocycles. The summed E-state index contributed by atoms with van der Waals surface area (Å²) in [5.41, 5.74) is 6.70. The Morgan fingerprint density at radius 3 is 2.46 bits per heavy atom. The van der Waals surface area contributed by atoms with Crippen molar-refractivity contribution in [2.24, 2.45) is 5.73 Å². The molecule has 0 radical (unpaired) electrons. The summed E-state index contributed by atoms with van der Waals surface area (Å²) in [7, 11) is 0. The highest BCUT2D eigenvalue weighted by Crippen LogP contribution is 2.42. The predicted molar refractivity (Wildman–Crippen MR) is 135 cm³/mol. The highest BCUT2D eigenvalue weighted by atomic mass is 16.4. The number of unbranched alkanes of at least 4 members (excludes halogenated alkanes) is 1. The van der Waals surface area contributed by atoms with Gasteiger partial charge >= 0.3 is 11.9 Å². The quantitative estimate of drug-likeness (QED) is 0.169. The monoisotopic (exact) mass is 504 g/mol. The van der Waals surface area contributed by atoms with E-state index in [0.717, 1.165) is 0 Å². The Morgan fingerprint density at radius 2 is 1.73 bits per heavy atom. The lowest BCUT2D eigenvalue weighted by Crippen LogP contribution is -2.30. The molecule has 1 aliphatic carbocycles. The zero-order valence-electron chi connectivity index (χ0n) is 19.6. The number of rotatable bonds is 9. The van der Waals surface area contributed by atoms with Gasteiger partial charge in [-0.05, 0) is 67.3 Å². The van der Waals surface area contributed by atoms with Crippen molar-refractivity contribution in [3.8, 4) is 28.2 Å². The fourth-order valence-electron chi connectivity index (χ4n) is 4.14. The molecular weight excluding hydrogens is 480 g/mol. The molecule has 2 aromatic carbocycles. The predicted octanol–water partition coefficient (Wildman–Crippen LogP) is 3.28. The van der Waals surface area contributed by atoms with Crippen LogP contribution in [0.3, 0.4) is 0 Å².